The van der Waals surface area contributed by atoms with Crippen LogP contribution >= 0.6 is 0 Å². The van der Waals surface area contributed by atoms with Gasteiger partial charge in [0.15, 0.2) is 5.84 Å². The van der Waals surface area contributed by atoms with Crippen molar-refractivity contribution in [2.45, 2.75) is 13.3 Å². The van der Waals surface area contributed by atoms with Crippen molar-refractivity contribution in [3.8, 4) is 0 Å². The first-order chi connectivity index (χ1) is 9.10. The van der Waals surface area contributed by atoms with Crippen LogP contribution in [0.3, 0.4) is 0 Å². The molecule has 0 heterocycles. The largest absolute Gasteiger partial charge is 0.409 e. The van der Waals surface area contributed by atoms with Gasteiger partial charge in [-0.1, -0.05) is 24.2 Å². The topological polar surface area (TPSA) is 65.1 Å². The molecule has 1 rings (SSSR count). The van der Waals surface area contributed by atoms with E-state index in [1.165, 1.54) is 0 Å². The summed E-state index contributed by atoms with van der Waals surface area (Å²) in [4.78, 5) is 4.42. The Morgan fingerprint density at radius 2 is 1.89 bits per heavy atom. The summed E-state index contributed by atoms with van der Waals surface area (Å²) in [5.74, 6) is 0.154. The van der Waals surface area contributed by atoms with Gasteiger partial charge < -0.3 is 20.7 Å². The molecule has 0 aromatic heterocycles. The number of nitrogens with two attached hydrogens (primary N) is 1. The molecular weight excluding hydrogens is 240 g/mol. The van der Waals surface area contributed by atoms with Crippen molar-refractivity contribution in [3.05, 3.63) is 29.8 Å². The lowest BCUT2D eigenvalue weighted by molar-refractivity contribution is 0.318. The van der Waals surface area contributed by atoms with Crippen molar-refractivity contribution >= 4 is 11.5 Å². The zero-order valence-corrected chi connectivity index (χ0v) is 12.0. The van der Waals surface area contributed by atoms with E-state index in [0.717, 1.165) is 37.3 Å². The number of hydrogen-bond donors (Lipinski definition) is 2. The maximum absolute atomic E-state index is 8.88. The lowest BCUT2D eigenvalue weighted by atomic mass is 10.1. The molecule has 0 atom stereocenters. The van der Waals surface area contributed by atoms with Crippen LogP contribution in [0, 0.1) is 0 Å². The van der Waals surface area contributed by atoms with Gasteiger partial charge in [-0.25, -0.2) is 0 Å². The van der Waals surface area contributed by atoms with E-state index in [9.17, 15) is 0 Å². The first-order valence-electron chi connectivity index (χ1n) is 6.56. The third-order valence-electron chi connectivity index (χ3n) is 2.94. The van der Waals surface area contributed by atoms with Gasteiger partial charge in [0.2, 0.25) is 0 Å². The Labute approximate surface area is 115 Å². The number of anilines is 1. The van der Waals surface area contributed by atoms with Gasteiger partial charge in [0, 0.05) is 30.9 Å². The summed E-state index contributed by atoms with van der Waals surface area (Å²) in [5.41, 5.74) is 7.54. The van der Waals surface area contributed by atoms with Crippen LogP contribution in [0.1, 0.15) is 18.9 Å². The van der Waals surface area contributed by atoms with E-state index in [1.54, 1.807) is 0 Å². The second kappa shape index (κ2) is 7.63. The molecule has 0 amide bonds. The third-order valence-corrected chi connectivity index (χ3v) is 2.94. The van der Waals surface area contributed by atoms with E-state index in [1.807, 2.05) is 24.3 Å². The molecule has 0 unspecified atom stereocenters. The molecule has 0 spiro atoms. The van der Waals surface area contributed by atoms with E-state index in [0.29, 0.717) is 0 Å². The standard InChI is InChI=1S/C14H24N4O/c1-4-9-18(11-10-17(2)3)13-8-6-5-7-12(13)14(15)16-19/h5-8,19H,4,9-11H2,1-3H3,(H2,15,16). The average Bonchev–Trinajstić information content (AvgIpc) is 2.42. The van der Waals surface area contributed by atoms with Gasteiger partial charge in [0.25, 0.3) is 0 Å². The normalized spacial score (nSPS) is 11.9. The minimum Gasteiger partial charge on any atom is -0.409 e. The van der Waals surface area contributed by atoms with E-state index in [2.05, 4.69) is 36.0 Å². The van der Waals surface area contributed by atoms with Crippen LogP contribution in [0.4, 0.5) is 5.69 Å². The molecular formula is C14H24N4O. The predicted molar refractivity (Wildman–Crippen MR) is 80.0 cm³/mol. The van der Waals surface area contributed by atoms with E-state index < -0.39 is 0 Å². The Kier molecular flexibility index (Phi) is 6.15. The highest BCUT2D eigenvalue weighted by Gasteiger charge is 2.13. The monoisotopic (exact) mass is 264 g/mol. The fourth-order valence-electron chi connectivity index (χ4n) is 1.96. The Morgan fingerprint density at radius 1 is 1.21 bits per heavy atom. The molecule has 0 bridgehead atoms. The van der Waals surface area contributed by atoms with Crippen molar-refractivity contribution in [1.29, 1.82) is 0 Å². The smallest absolute Gasteiger partial charge is 0.172 e. The minimum absolute atomic E-state index is 0.154. The molecule has 0 aliphatic heterocycles. The molecule has 5 heteroatoms. The first kappa shape index (κ1) is 15.3. The highest BCUT2D eigenvalue weighted by atomic mass is 16.4. The molecule has 1 aromatic rings. The van der Waals surface area contributed by atoms with Crippen LogP contribution in [-0.4, -0.2) is 49.7 Å². The van der Waals surface area contributed by atoms with Crippen molar-refractivity contribution in [2.75, 3.05) is 38.6 Å². The molecule has 19 heavy (non-hydrogen) atoms. The van der Waals surface area contributed by atoms with Gasteiger partial charge in [0.1, 0.15) is 0 Å². The van der Waals surface area contributed by atoms with Crippen molar-refractivity contribution in [3.63, 3.8) is 0 Å². The number of hydrogen-bond acceptors (Lipinski definition) is 4. The second-order valence-corrected chi connectivity index (χ2v) is 4.79. The predicted octanol–water partition coefficient (Wildman–Crippen LogP) is 1.56. The van der Waals surface area contributed by atoms with Gasteiger partial charge in [-0.2, -0.15) is 0 Å². The van der Waals surface area contributed by atoms with Crippen molar-refractivity contribution in [1.82, 2.24) is 4.90 Å². The molecule has 0 aliphatic rings. The van der Waals surface area contributed by atoms with Crippen LogP contribution < -0.4 is 10.6 Å². The number of benzene rings is 1. The Hall–Kier alpha value is -1.75. The van der Waals surface area contributed by atoms with Crippen LogP contribution in [0.15, 0.2) is 29.4 Å². The second-order valence-electron chi connectivity index (χ2n) is 4.79. The molecule has 1 aromatic carbocycles. The molecule has 0 aliphatic carbocycles. The van der Waals surface area contributed by atoms with Crippen molar-refractivity contribution < 1.29 is 5.21 Å². The van der Waals surface area contributed by atoms with Crippen molar-refractivity contribution in [2.24, 2.45) is 10.9 Å². The van der Waals surface area contributed by atoms with Gasteiger partial charge in [-0.05, 0) is 32.6 Å². The van der Waals surface area contributed by atoms with Crippen LogP contribution in [-0.2, 0) is 0 Å². The summed E-state index contributed by atoms with van der Waals surface area (Å²) < 4.78 is 0. The number of nitrogens with zero attached hydrogens (tertiary/aromatic N) is 3. The minimum atomic E-state index is 0.154. The van der Waals surface area contributed by atoms with Crippen LogP contribution in [0.25, 0.3) is 0 Å². The van der Waals surface area contributed by atoms with Gasteiger partial charge in [0.05, 0.1) is 0 Å². The number of likely N-dealkylation sites (N-methyl/N-ethyl adjacent to an activating group) is 1. The highest BCUT2D eigenvalue weighted by Crippen LogP contribution is 2.20. The number of rotatable bonds is 7. The maximum atomic E-state index is 8.88. The molecule has 0 fully saturated rings. The van der Waals surface area contributed by atoms with Gasteiger partial charge in [-0.3, -0.25) is 0 Å². The Bertz CT molecular complexity index is 418. The third kappa shape index (κ3) is 4.44. The quantitative estimate of drug-likeness (QED) is 0.339. The maximum Gasteiger partial charge on any atom is 0.172 e. The molecule has 106 valence electrons. The lowest BCUT2D eigenvalue weighted by Crippen LogP contribution is -2.34. The molecule has 0 saturated heterocycles. The first-order valence-corrected chi connectivity index (χ1v) is 6.56. The zero-order valence-electron chi connectivity index (χ0n) is 12.0. The van der Waals surface area contributed by atoms with E-state index in [-0.39, 0.29) is 5.84 Å². The SMILES string of the molecule is CCCN(CCN(C)C)c1ccccc1C(N)=NO. The molecule has 0 saturated carbocycles. The Morgan fingerprint density at radius 3 is 2.47 bits per heavy atom. The summed E-state index contributed by atoms with van der Waals surface area (Å²) in [6.45, 7) is 4.97. The zero-order chi connectivity index (χ0) is 14.3. The van der Waals surface area contributed by atoms with E-state index in [4.69, 9.17) is 10.9 Å². The number of oxime groups is 1. The van der Waals surface area contributed by atoms with Crippen LogP contribution in [0.2, 0.25) is 0 Å². The fourth-order valence-corrected chi connectivity index (χ4v) is 1.96. The Balaban J connectivity index is 3.01. The molecule has 3 N–H and O–H groups in total. The summed E-state index contributed by atoms with van der Waals surface area (Å²) in [6, 6.07) is 7.76. The van der Waals surface area contributed by atoms with E-state index >= 15 is 0 Å². The summed E-state index contributed by atoms with van der Waals surface area (Å²) in [5, 5.41) is 12.0. The van der Waals surface area contributed by atoms with Gasteiger partial charge >= 0.3 is 0 Å². The lowest BCUT2D eigenvalue weighted by Gasteiger charge is -2.27. The summed E-state index contributed by atoms with van der Waals surface area (Å²) >= 11 is 0. The van der Waals surface area contributed by atoms with Gasteiger partial charge in [-0.15, -0.1) is 0 Å². The average molecular weight is 264 g/mol. The molecule has 0 radical (unpaired) electrons. The summed E-state index contributed by atoms with van der Waals surface area (Å²) in [6.07, 6.45) is 1.05. The number of amidine groups is 1. The van der Waals surface area contributed by atoms with Crippen LogP contribution in [0.5, 0.6) is 0 Å². The fraction of sp³-hybridized carbons (Fsp3) is 0.500. The molecule has 5 nitrogen and oxygen atoms in total. The number of para-hydroxylation sites is 1. The highest BCUT2D eigenvalue weighted by molar-refractivity contribution is 6.02. The summed E-state index contributed by atoms with van der Waals surface area (Å²) in [7, 11) is 4.11.